The van der Waals surface area contributed by atoms with Crippen LogP contribution in [0.5, 0.6) is 0 Å². The molecule has 7 heteroatoms. The molecule has 4 rings (SSSR count). The van der Waals surface area contributed by atoms with Gasteiger partial charge in [-0.15, -0.1) is 11.3 Å². The van der Waals surface area contributed by atoms with E-state index in [2.05, 4.69) is 23.3 Å². The Bertz CT molecular complexity index is 972. The van der Waals surface area contributed by atoms with E-state index in [1.165, 1.54) is 10.4 Å². The second kappa shape index (κ2) is 6.68. The topological polar surface area (TPSA) is 26.0 Å². The Hall–Kier alpha value is -1.47. The van der Waals surface area contributed by atoms with Crippen molar-refractivity contribution in [2.24, 2.45) is 7.05 Å². The minimum absolute atomic E-state index is 0.377. The highest BCUT2D eigenvalue weighted by molar-refractivity contribution is 7.71. The fourth-order valence-electron chi connectivity index (χ4n) is 3.38. The first-order chi connectivity index (χ1) is 12.1. The normalized spacial score (nSPS) is 17.6. The van der Waals surface area contributed by atoms with Crippen molar-refractivity contribution in [3.8, 4) is 11.4 Å². The standard InChI is InChI=1S/C18H19ClN4S2/c1-12-13-8-10-25-16(13)7-9-22(12)11-23-18(24)21(2)17(20-23)14-5-3-4-6-15(14)19/h3-6,8,10,12H,7,9,11H2,1-2H3. The third-order valence-corrected chi connectivity index (χ3v) is 6.69. The molecular weight excluding hydrogens is 372 g/mol. The number of benzene rings is 1. The number of hydrogen-bond acceptors (Lipinski definition) is 4. The number of nitrogens with zero attached hydrogens (tertiary/aromatic N) is 4. The molecule has 3 aromatic rings. The lowest BCUT2D eigenvalue weighted by atomic mass is 10.0. The first-order valence-electron chi connectivity index (χ1n) is 8.25. The maximum Gasteiger partial charge on any atom is 0.199 e. The van der Waals surface area contributed by atoms with Gasteiger partial charge in [0.1, 0.15) is 0 Å². The quantitative estimate of drug-likeness (QED) is 0.594. The monoisotopic (exact) mass is 390 g/mol. The fraction of sp³-hybridized carbons (Fsp3) is 0.333. The molecule has 1 aromatic carbocycles. The lowest BCUT2D eigenvalue weighted by molar-refractivity contribution is 0.144. The van der Waals surface area contributed by atoms with Crippen molar-refractivity contribution in [3.63, 3.8) is 0 Å². The van der Waals surface area contributed by atoms with E-state index < -0.39 is 0 Å². The number of hydrogen-bond donors (Lipinski definition) is 0. The molecule has 1 aliphatic rings. The van der Waals surface area contributed by atoms with E-state index in [9.17, 15) is 0 Å². The van der Waals surface area contributed by atoms with Crippen molar-refractivity contribution < 1.29 is 0 Å². The average Bonchev–Trinajstić information content (AvgIpc) is 3.19. The largest absolute Gasteiger partial charge is 0.303 e. The van der Waals surface area contributed by atoms with Crippen LogP contribution in [0.15, 0.2) is 35.7 Å². The van der Waals surface area contributed by atoms with Gasteiger partial charge in [-0.25, -0.2) is 4.68 Å². The molecule has 1 atom stereocenters. The van der Waals surface area contributed by atoms with Gasteiger partial charge in [-0.3, -0.25) is 4.90 Å². The van der Waals surface area contributed by atoms with Crippen molar-refractivity contribution in [3.05, 3.63) is 55.9 Å². The molecular formula is C18H19ClN4S2. The van der Waals surface area contributed by atoms with E-state index >= 15 is 0 Å². The minimum Gasteiger partial charge on any atom is -0.303 e. The molecule has 0 amide bonds. The number of aromatic nitrogens is 3. The molecule has 0 aliphatic carbocycles. The van der Waals surface area contributed by atoms with Crippen LogP contribution in [0.2, 0.25) is 5.02 Å². The van der Waals surface area contributed by atoms with Gasteiger partial charge in [-0.2, -0.15) is 5.10 Å². The number of halogens is 1. The lowest BCUT2D eigenvalue weighted by Gasteiger charge is -2.33. The van der Waals surface area contributed by atoms with Crippen molar-refractivity contribution in [2.45, 2.75) is 26.1 Å². The van der Waals surface area contributed by atoms with Crippen LogP contribution < -0.4 is 0 Å². The summed E-state index contributed by atoms with van der Waals surface area (Å²) in [6.07, 6.45) is 1.09. The van der Waals surface area contributed by atoms with Crippen molar-refractivity contribution in [1.82, 2.24) is 19.2 Å². The molecule has 0 bridgehead atoms. The molecule has 130 valence electrons. The van der Waals surface area contributed by atoms with E-state index in [0.29, 0.717) is 22.5 Å². The summed E-state index contributed by atoms with van der Waals surface area (Å²) in [6, 6.07) is 10.4. The van der Waals surface area contributed by atoms with Gasteiger partial charge >= 0.3 is 0 Å². The van der Waals surface area contributed by atoms with Gasteiger partial charge in [0.2, 0.25) is 0 Å². The Labute approximate surface area is 161 Å². The van der Waals surface area contributed by atoms with E-state index in [1.54, 1.807) is 0 Å². The Kier molecular flexibility index (Phi) is 4.54. The summed E-state index contributed by atoms with van der Waals surface area (Å²) in [6.45, 7) is 3.97. The zero-order valence-corrected chi connectivity index (χ0v) is 16.5. The molecule has 1 aliphatic heterocycles. The Morgan fingerprint density at radius 2 is 2.12 bits per heavy atom. The molecule has 0 saturated heterocycles. The summed E-state index contributed by atoms with van der Waals surface area (Å²) in [4.78, 5) is 3.93. The van der Waals surface area contributed by atoms with Crippen LogP contribution >= 0.6 is 35.2 Å². The molecule has 0 radical (unpaired) electrons. The number of thiophene rings is 1. The summed E-state index contributed by atoms with van der Waals surface area (Å²) in [5.41, 5.74) is 2.34. The summed E-state index contributed by atoms with van der Waals surface area (Å²) < 4.78 is 4.54. The maximum absolute atomic E-state index is 6.35. The molecule has 1 unspecified atom stereocenters. The predicted molar refractivity (Wildman–Crippen MR) is 106 cm³/mol. The second-order valence-corrected chi connectivity index (χ2v) is 8.10. The third kappa shape index (κ3) is 2.97. The maximum atomic E-state index is 6.35. The molecule has 0 N–H and O–H groups in total. The average molecular weight is 391 g/mol. The van der Waals surface area contributed by atoms with Crippen LogP contribution in [-0.4, -0.2) is 25.8 Å². The van der Waals surface area contributed by atoms with E-state index in [4.69, 9.17) is 28.9 Å². The number of fused-ring (bicyclic) bond motifs is 1. The van der Waals surface area contributed by atoms with Crippen LogP contribution in [0, 0.1) is 4.77 Å². The van der Waals surface area contributed by atoms with Gasteiger partial charge in [-0.05, 0) is 54.7 Å². The van der Waals surface area contributed by atoms with Gasteiger partial charge in [0, 0.05) is 30.1 Å². The Morgan fingerprint density at radius 1 is 1.32 bits per heavy atom. The third-order valence-electron chi connectivity index (χ3n) is 4.88. The van der Waals surface area contributed by atoms with E-state index in [-0.39, 0.29) is 0 Å². The highest BCUT2D eigenvalue weighted by Crippen LogP contribution is 2.33. The van der Waals surface area contributed by atoms with Gasteiger partial charge in [0.25, 0.3) is 0 Å². The van der Waals surface area contributed by atoms with Crippen molar-refractivity contribution in [2.75, 3.05) is 6.54 Å². The molecule has 25 heavy (non-hydrogen) atoms. The molecule has 0 fully saturated rings. The lowest BCUT2D eigenvalue weighted by Crippen LogP contribution is -2.35. The summed E-state index contributed by atoms with van der Waals surface area (Å²) in [5, 5.41) is 7.64. The van der Waals surface area contributed by atoms with E-state index in [1.807, 2.05) is 51.9 Å². The van der Waals surface area contributed by atoms with Gasteiger partial charge in [-0.1, -0.05) is 23.7 Å². The van der Waals surface area contributed by atoms with Crippen molar-refractivity contribution >= 4 is 35.2 Å². The van der Waals surface area contributed by atoms with Crippen molar-refractivity contribution in [1.29, 1.82) is 0 Å². The second-order valence-electron chi connectivity index (χ2n) is 6.32. The van der Waals surface area contributed by atoms with E-state index in [0.717, 1.165) is 24.4 Å². The zero-order valence-electron chi connectivity index (χ0n) is 14.1. The molecule has 4 nitrogen and oxygen atoms in total. The number of rotatable bonds is 3. The molecule has 3 heterocycles. The van der Waals surface area contributed by atoms with Gasteiger partial charge in [0.15, 0.2) is 10.6 Å². The Balaban J connectivity index is 1.66. The molecule has 2 aromatic heterocycles. The van der Waals surface area contributed by atoms with Gasteiger partial charge < -0.3 is 4.57 Å². The highest BCUT2D eigenvalue weighted by atomic mass is 35.5. The van der Waals surface area contributed by atoms with Crippen LogP contribution in [-0.2, 0) is 20.1 Å². The first-order valence-corrected chi connectivity index (χ1v) is 9.92. The van der Waals surface area contributed by atoms with Crippen LogP contribution in [0.25, 0.3) is 11.4 Å². The molecule has 0 saturated carbocycles. The SMILES string of the molecule is CC1c2ccsc2CCN1Cn1nc(-c2ccccc2Cl)n(C)c1=S. The minimum atomic E-state index is 0.377. The zero-order chi connectivity index (χ0) is 17.6. The van der Waals surface area contributed by atoms with Crippen LogP contribution in [0.4, 0.5) is 0 Å². The fourth-order valence-corrected chi connectivity index (χ4v) is 4.75. The summed E-state index contributed by atoms with van der Waals surface area (Å²) in [7, 11) is 1.95. The smallest absolute Gasteiger partial charge is 0.199 e. The summed E-state index contributed by atoms with van der Waals surface area (Å²) in [5.74, 6) is 0.802. The first kappa shape index (κ1) is 17.0. The van der Waals surface area contributed by atoms with Gasteiger partial charge in [0.05, 0.1) is 11.7 Å². The van der Waals surface area contributed by atoms with Crippen LogP contribution in [0.1, 0.15) is 23.4 Å². The summed E-state index contributed by atoms with van der Waals surface area (Å²) >= 11 is 13.8. The predicted octanol–water partition coefficient (Wildman–Crippen LogP) is 4.91. The highest BCUT2D eigenvalue weighted by Gasteiger charge is 2.25. The Morgan fingerprint density at radius 3 is 2.92 bits per heavy atom. The van der Waals surface area contributed by atoms with Crippen LogP contribution in [0.3, 0.4) is 0 Å². The molecule has 0 spiro atoms.